The first-order chi connectivity index (χ1) is 7.13. The summed E-state index contributed by atoms with van der Waals surface area (Å²) < 4.78 is 5.23. The minimum Gasteiger partial charge on any atom is -0.373 e. The fourth-order valence-corrected chi connectivity index (χ4v) is 1.53. The monoisotopic (exact) mass is 206 g/mol. The maximum Gasteiger partial charge on any atom is 0.188 e. The van der Waals surface area contributed by atoms with Crippen molar-refractivity contribution in [3.8, 4) is 0 Å². The van der Waals surface area contributed by atoms with Gasteiger partial charge in [0.15, 0.2) is 5.78 Å². The Kier molecular flexibility index (Phi) is 4.50. The summed E-state index contributed by atoms with van der Waals surface area (Å²) in [7, 11) is 0. The molecule has 0 aliphatic carbocycles. The van der Waals surface area contributed by atoms with E-state index in [4.69, 9.17) is 4.74 Å². The zero-order valence-electron chi connectivity index (χ0n) is 9.67. The van der Waals surface area contributed by atoms with Crippen LogP contribution < -0.4 is 0 Å². The van der Waals surface area contributed by atoms with Gasteiger partial charge in [-0.15, -0.1) is 0 Å². The van der Waals surface area contributed by atoms with Gasteiger partial charge in [-0.2, -0.15) is 0 Å². The number of carbonyl (C=O) groups excluding carboxylic acids is 1. The molecule has 1 aromatic carbocycles. The molecule has 1 rings (SSSR count). The number of rotatable bonds is 5. The number of Topliss-reactive ketones (excluding diaryl/α,β-unsaturated/α-hetero) is 1. The van der Waals surface area contributed by atoms with E-state index in [2.05, 4.69) is 6.07 Å². The second-order valence-electron chi connectivity index (χ2n) is 3.85. The third-order valence-electron chi connectivity index (χ3n) is 2.13. The molecule has 1 aromatic rings. The topological polar surface area (TPSA) is 26.3 Å². The van der Waals surface area contributed by atoms with Gasteiger partial charge < -0.3 is 4.74 Å². The summed E-state index contributed by atoms with van der Waals surface area (Å²) in [4.78, 5) is 11.7. The maximum absolute atomic E-state index is 11.7. The van der Waals surface area contributed by atoms with Crippen LogP contribution in [0, 0.1) is 13.8 Å². The lowest BCUT2D eigenvalue weighted by atomic mass is 10.0. The molecule has 0 saturated carbocycles. The first-order valence-electron chi connectivity index (χ1n) is 5.32. The molecule has 0 aliphatic rings. The first kappa shape index (κ1) is 11.9. The molecule has 0 N–H and O–H groups in total. The van der Waals surface area contributed by atoms with E-state index in [0.29, 0.717) is 6.61 Å². The van der Waals surface area contributed by atoms with Crippen molar-refractivity contribution in [2.75, 3.05) is 13.2 Å². The lowest BCUT2D eigenvalue weighted by Gasteiger charge is -2.04. The molecular formula is C13H18O2. The molecule has 0 radical (unpaired) electrons. The summed E-state index contributed by atoms with van der Waals surface area (Å²) >= 11 is 0. The molecule has 2 nitrogen and oxygen atoms in total. The Morgan fingerprint density at radius 2 is 1.80 bits per heavy atom. The third kappa shape index (κ3) is 3.84. The lowest BCUT2D eigenvalue weighted by molar-refractivity contribution is 0.0761. The highest BCUT2D eigenvalue weighted by Gasteiger charge is 2.06. The van der Waals surface area contributed by atoms with Crippen molar-refractivity contribution in [2.45, 2.75) is 27.2 Å². The van der Waals surface area contributed by atoms with Crippen LogP contribution in [0.4, 0.5) is 0 Å². The predicted octanol–water partition coefficient (Wildman–Crippen LogP) is 2.91. The maximum atomic E-state index is 11.7. The predicted molar refractivity (Wildman–Crippen MR) is 61.4 cm³/mol. The number of ketones is 1. The molecule has 15 heavy (non-hydrogen) atoms. The average molecular weight is 206 g/mol. The van der Waals surface area contributed by atoms with Crippen molar-refractivity contribution in [1.29, 1.82) is 0 Å². The number of hydrogen-bond donors (Lipinski definition) is 0. The molecule has 0 saturated heterocycles. The van der Waals surface area contributed by atoms with Crippen molar-refractivity contribution < 1.29 is 9.53 Å². The van der Waals surface area contributed by atoms with E-state index >= 15 is 0 Å². The Labute approximate surface area is 91.3 Å². The highest BCUT2D eigenvalue weighted by atomic mass is 16.5. The van der Waals surface area contributed by atoms with Crippen LogP contribution in [0.3, 0.4) is 0 Å². The molecule has 0 spiro atoms. The van der Waals surface area contributed by atoms with Gasteiger partial charge in [-0.1, -0.05) is 24.1 Å². The van der Waals surface area contributed by atoms with Crippen LogP contribution in [0.25, 0.3) is 0 Å². The largest absolute Gasteiger partial charge is 0.373 e. The fraction of sp³-hybridized carbons (Fsp3) is 0.462. The molecule has 0 amide bonds. The Hall–Kier alpha value is -1.15. The van der Waals surface area contributed by atoms with Crippen molar-refractivity contribution in [3.63, 3.8) is 0 Å². The van der Waals surface area contributed by atoms with Crippen molar-refractivity contribution >= 4 is 5.78 Å². The molecule has 0 aromatic heterocycles. The highest BCUT2D eigenvalue weighted by Crippen LogP contribution is 2.09. The molecule has 0 bridgehead atoms. The Morgan fingerprint density at radius 3 is 2.33 bits per heavy atom. The number of benzene rings is 1. The summed E-state index contributed by atoms with van der Waals surface area (Å²) in [5.41, 5.74) is 2.99. The minimum atomic E-state index is 0.0650. The highest BCUT2D eigenvalue weighted by molar-refractivity contribution is 5.97. The number of aryl methyl sites for hydroxylation is 2. The van der Waals surface area contributed by atoms with E-state index in [1.165, 1.54) is 0 Å². The van der Waals surface area contributed by atoms with Crippen LogP contribution >= 0.6 is 0 Å². The molecule has 82 valence electrons. The summed E-state index contributed by atoms with van der Waals surface area (Å²) in [6.45, 7) is 6.86. The normalized spacial score (nSPS) is 10.3. The third-order valence-corrected chi connectivity index (χ3v) is 2.13. The summed E-state index contributed by atoms with van der Waals surface area (Å²) in [6, 6.07) is 5.87. The van der Waals surface area contributed by atoms with Gasteiger partial charge >= 0.3 is 0 Å². The van der Waals surface area contributed by atoms with Crippen LogP contribution in [0.2, 0.25) is 0 Å². The van der Waals surface area contributed by atoms with Crippen LogP contribution in [0.5, 0.6) is 0 Å². The summed E-state index contributed by atoms with van der Waals surface area (Å²) in [5, 5.41) is 0. The molecule has 0 atom stereocenters. The van der Waals surface area contributed by atoms with E-state index in [1.54, 1.807) is 0 Å². The molecule has 0 unspecified atom stereocenters. The zero-order chi connectivity index (χ0) is 11.3. The fourth-order valence-electron chi connectivity index (χ4n) is 1.53. The SMILES string of the molecule is CCCOCC(=O)c1cc(C)cc(C)c1. The number of hydrogen-bond acceptors (Lipinski definition) is 2. The smallest absolute Gasteiger partial charge is 0.188 e. The molecule has 2 heteroatoms. The molecular weight excluding hydrogens is 188 g/mol. The molecule has 0 aliphatic heterocycles. The second-order valence-corrected chi connectivity index (χ2v) is 3.85. The Morgan fingerprint density at radius 1 is 1.20 bits per heavy atom. The second kappa shape index (κ2) is 5.66. The van der Waals surface area contributed by atoms with E-state index in [9.17, 15) is 4.79 Å². The van der Waals surface area contributed by atoms with Crippen LogP contribution in [-0.4, -0.2) is 19.0 Å². The van der Waals surface area contributed by atoms with E-state index in [-0.39, 0.29) is 12.4 Å². The Balaban J connectivity index is 2.65. The Bertz CT molecular complexity index is 322. The van der Waals surface area contributed by atoms with Gasteiger partial charge in [-0.25, -0.2) is 0 Å². The van der Waals surface area contributed by atoms with Gasteiger partial charge in [0.25, 0.3) is 0 Å². The number of ether oxygens (including phenoxy) is 1. The van der Waals surface area contributed by atoms with Crippen LogP contribution in [-0.2, 0) is 4.74 Å². The van der Waals surface area contributed by atoms with Crippen molar-refractivity contribution in [3.05, 3.63) is 34.9 Å². The quantitative estimate of drug-likeness (QED) is 0.547. The van der Waals surface area contributed by atoms with Gasteiger partial charge in [0.2, 0.25) is 0 Å². The van der Waals surface area contributed by atoms with Gasteiger partial charge in [0.1, 0.15) is 6.61 Å². The molecule has 0 fully saturated rings. The zero-order valence-corrected chi connectivity index (χ0v) is 9.67. The van der Waals surface area contributed by atoms with Gasteiger partial charge in [0, 0.05) is 12.2 Å². The van der Waals surface area contributed by atoms with Crippen molar-refractivity contribution in [1.82, 2.24) is 0 Å². The average Bonchev–Trinajstić information content (AvgIpc) is 2.16. The summed E-state index contributed by atoms with van der Waals surface area (Å²) in [5.74, 6) is 0.0650. The first-order valence-corrected chi connectivity index (χ1v) is 5.32. The van der Waals surface area contributed by atoms with Gasteiger partial charge in [0.05, 0.1) is 0 Å². The van der Waals surface area contributed by atoms with E-state index in [1.807, 2.05) is 32.9 Å². The van der Waals surface area contributed by atoms with Crippen molar-refractivity contribution in [2.24, 2.45) is 0 Å². The van der Waals surface area contributed by atoms with Gasteiger partial charge in [-0.05, 0) is 32.4 Å². The van der Waals surface area contributed by atoms with E-state index < -0.39 is 0 Å². The summed E-state index contributed by atoms with van der Waals surface area (Å²) in [6.07, 6.45) is 0.945. The van der Waals surface area contributed by atoms with Crippen LogP contribution in [0.15, 0.2) is 18.2 Å². The molecule has 0 heterocycles. The van der Waals surface area contributed by atoms with E-state index in [0.717, 1.165) is 23.1 Å². The number of carbonyl (C=O) groups is 1. The lowest BCUT2D eigenvalue weighted by Crippen LogP contribution is -2.10. The van der Waals surface area contributed by atoms with Crippen LogP contribution in [0.1, 0.15) is 34.8 Å². The van der Waals surface area contributed by atoms with Gasteiger partial charge in [-0.3, -0.25) is 4.79 Å². The minimum absolute atomic E-state index is 0.0650. The standard InChI is InChI=1S/C13H18O2/c1-4-5-15-9-13(14)12-7-10(2)6-11(3)8-12/h6-8H,4-5,9H2,1-3H3.